The zero-order chi connectivity index (χ0) is 21.9. The fourth-order valence-electron chi connectivity index (χ4n) is 1.29. The molecule has 0 radical (unpaired) electrons. The number of nitrogens with one attached hydrogen (secondary N) is 2. The maximum atomic E-state index is 11.1. The largest absolute Gasteiger partial charge is 0.340 e. The number of nitrogens with zero attached hydrogens (tertiary/aromatic N) is 4. The number of halogens is 2. The monoisotopic (exact) mass is 482 g/mol. The first-order chi connectivity index (χ1) is 13.2. The molecule has 0 aromatic rings. The van der Waals surface area contributed by atoms with Gasteiger partial charge in [0, 0.05) is 70.5 Å². The van der Waals surface area contributed by atoms with Gasteiger partial charge in [0.05, 0.1) is 23.7 Å². The van der Waals surface area contributed by atoms with E-state index in [-0.39, 0.29) is 43.7 Å². The number of carbonyl (C=O) groups excluding carboxylic acids is 2. The molecule has 0 heterocycles. The number of amides is 4. The van der Waals surface area contributed by atoms with Crippen LogP contribution in [0.5, 0.6) is 0 Å². The van der Waals surface area contributed by atoms with Crippen LogP contribution in [0.4, 0.5) is 9.59 Å². The molecule has 16 heteroatoms. The lowest BCUT2D eigenvalue weighted by atomic mass is 10.6. The minimum Gasteiger partial charge on any atom is -0.335 e. The topological polar surface area (TPSA) is 158 Å². The molecule has 0 bridgehead atoms. The Balaban J connectivity index is 0. The minimum atomic E-state index is -1.06. The number of hydrogen-bond donors (Lipinski definition) is 2. The van der Waals surface area contributed by atoms with E-state index in [4.69, 9.17) is 23.2 Å². The molecule has 0 saturated heterocycles. The van der Waals surface area contributed by atoms with Crippen molar-refractivity contribution in [1.29, 1.82) is 0 Å². The first-order valence-corrected chi connectivity index (χ1v) is 12.2. The van der Waals surface area contributed by atoms with Crippen LogP contribution >= 0.6 is 23.2 Å². The summed E-state index contributed by atoms with van der Waals surface area (Å²) >= 11 is 10.7. The van der Waals surface area contributed by atoms with Gasteiger partial charge in [-0.3, -0.25) is 8.42 Å². The van der Waals surface area contributed by atoms with Gasteiger partial charge in [-0.15, -0.1) is 33.0 Å². The van der Waals surface area contributed by atoms with E-state index in [1.165, 1.54) is 12.5 Å². The fraction of sp³-hybridized carbons (Fsp3) is 0.833. The summed E-state index contributed by atoms with van der Waals surface area (Å²) in [6, 6.07) is -1.24. The summed E-state index contributed by atoms with van der Waals surface area (Å²) in [6.45, 7) is 0.616. The van der Waals surface area contributed by atoms with E-state index in [9.17, 15) is 27.8 Å². The van der Waals surface area contributed by atoms with Crippen LogP contribution in [0, 0.1) is 9.81 Å². The Hall–Kier alpha value is -1.38. The number of alkyl halides is 2. The van der Waals surface area contributed by atoms with Crippen LogP contribution in [0.1, 0.15) is 0 Å². The Morgan fingerprint density at radius 2 is 1.29 bits per heavy atom. The first-order valence-electron chi connectivity index (χ1n) is 7.72. The predicted molar refractivity (Wildman–Crippen MR) is 111 cm³/mol. The van der Waals surface area contributed by atoms with Gasteiger partial charge in [-0.25, -0.2) is 9.59 Å². The van der Waals surface area contributed by atoms with Gasteiger partial charge in [0.2, 0.25) is 0 Å². The summed E-state index contributed by atoms with van der Waals surface area (Å²) in [6.07, 6.45) is 3.01. The minimum absolute atomic E-state index is 0.0424. The molecule has 0 aliphatic rings. The van der Waals surface area contributed by atoms with E-state index in [2.05, 4.69) is 21.2 Å². The number of hydrogen-bond acceptors (Lipinski definition) is 8. The highest BCUT2D eigenvalue weighted by Crippen LogP contribution is 1.92. The normalized spacial score (nSPS) is 11.9. The van der Waals surface area contributed by atoms with Crippen molar-refractivity contribution in [3.63, 3.8) is 0 Å². The van der Waals surface area contributed by atoms with Gasteiger partial charge >= 0.3 is 12.1 Å². The van der Waals surface area contributed by atoms with Crippen molar-refractivity contribution in [2.75, 3.05) is 62.0 Å². The fourth-order valence-corrected chi connectivity index (χ4v) is 2.37. The molecule has 2 N–H and O–H groups in total. The van der Waals surface area contributed by atoms with E-state index >= 15 is 0 Å². The van der Waals surface area contributed by atoms with Crippen LogP contribution in [0.15, 0.2) is 10.6 Å². The van der Waals surface area contributed by atoms with Crippen molar-refractivity contribution in [2.24, 2.45) is 10.6 Å². The summed E-state index contributed by atoms with van der Waals surface area (Å²) in [5, 5.41) is 11.1. The summed E-state index contributed by atoms with van der Waals surface area (Å²) in [5.74, 6) is 0.969. The SMILES string of the molecule is CS(=O)CCN(N=O)C(=O)NCCCl.CS(=O)CCNC(=O)N(CCCl)N=O. The van der Waals surface area contributed by atoms with Gasteiger partial charge in [0.25, 0.3) is 0 Å². The molecule has 0 aromatic carbocycles. The number of urea groups is 2. The lowest BCUT2D eigenvalue weighted by molar-refractivity contribution is 0.202. The van der Waals surface area contributed by atoms with Gasteiger partial charge < -0.3 is 10.6 Å². The van der Waals surface area contributed by atoms with E-state index in [0.717, 1.165) is 0 Å². The lowest BCUT2D eigenvalue weighted by Gasteiger charge is -2.12. The second kappa shape index (κ2) is 19.0. The predicted octanol–water partition coefficient (Wildman–Crippen LogP) is 0.593. The maximum Gasteiger partial charge on any atom is 0.340 e. The van der Waals surface area contributed by atoms with Gasteiger partial charge in [-0.1, -0.05) is 0 Å². The molecule has 0 fully saturated rings. The van der Waals surface area contributed by atoms with Crippen LogP contribution in [-0.2, 0) is 21.6 Å². The summed E-state index contributed by atoms with van der Waals surface area (Å²) < 4.78 is 21.3. The number of nitroso groups, excluding NO2 is 2. The second-order valence-electron chi connectivity index (χ2n) is 4.81. The first kappa shape index (κ1) is 28.8. The highest BCUT2D eigenvalue weighted by atomic mass is 35.5. The molecule has 2 atom stereocenters. The summed E-state index contributed by atoms with van der Waals surface area (Å²) in [4.78, 5) is 42.6. The molecular formula is C12H24Cl2N6O6S2. The smallest absolute Gasteiger partial charge is 0.335 e. The van der Waals surface area contributed by atoms with Crippen molar-refractivity contribution < 1.29 is 18.0 Å². The van der Waals surface area contributed by atoms with E-state index in [1.54, 1.807) is 0 Å². The molecule has 4 amide bonds. The van der Waals surface area contributed by atoms with Crippen molar-refractivity contribution in [3.8, 4) is 0 Å². The third-order valence-electron chi connectivity index (χ3n) is 2.59. The van der Waals surface area contributed by atoms with E-state index < -0.39 is 33.7 Å². The molecule has 0 spiro atoms. The second-order valence-corrected chi connectivity index (χ2v) is 8.67. The Morgan fingerprint density at radius 1 is 0.821 bits per heavy atom. The van der Waals surface area contributed by atoms with E-state index in [1.807, 2.05) is 0 Å². The van der Waals surface area contributed by atoms with Gasteiger partial charge in [0.1, 0.15) is 0 Å². The molecule has 12 nitrogen and oxygen atoms in total. The zero-order valence-electron chi connectivity index (χ0n) is 15.5. The molecule has 0 aromatic heterocycles. The van der Waals surface area contributed by atoms with Crippen LogP contribution in [-0.4, -0.2) is 92.5 Å². The Morgan fingerprint density at radius 3 is 1.68 bits per heavy atom. The van der Waals surface area contributed by atoms with Crippen LogP contribution in [0.2, 0.25) is 0 Å². The van der Waals surface area contributed by atoms with Crippen molar-refractivity contribution in [1.82, 2.24) is 20.7 Å². The molecule has 0 rings (SSSR count). The third kappa shape index (κ3) is 16.8. The van der Waals surface area contributed by atoms with Crippen molar-refractivity contribution in [3.05, 3.63) is 9.81 Å². The Kier molecular flexibility index (Phi) is 19.5. The molecule has 0 aliphatic heterocycles. The molecule has 2 unspecified atom stereocenters. The maximum absolute atomic E-state index is 11.1. The molecule has 0 saturated carbocycles. The molecular weight excluding hydrogens is 459 g/mol. The summed E-state index contributed by atoms with van der Waals surface area (Å²) in [5.41, 5.74) is 0. The third-order valence-corrected chi connectivity index (χ3v) is 4.48. The molecule has 28 heavy (non-hydrogen) atoms. The molecule has 0 aliphatic carbocycles. The zero-order valence-corrected chi connectivity index (χ0v) is 18.6. The van der Waals surface area contributed by atoms with Crippen LogP contribution in [0.25, 0.3) is 0 Å². The number of rotatable bonds is 12. The van der Waals surface area contributed by atoms with Gasteiger partial charge in [0.15, 0.2) is 0 Å². The van der Waals surface area contributed by atoms with Crippen molar-refractivity contribution >= 4 is 56.9 Å². The Bertz CT molecular complexity index is 543. The van der Waals surface area contributed by atoms with Crippen LogP contribution < -0.4 is 10.6 Å². The van der Waals surface area contributed by atoms with Crippen molar-refractivity contribution in [2.45, 2.75) is 0 Å². The van der Waals surface area contributed by atoms with E-state index in [0.29, 0.717) is 15.8 Å². The lowest BCUT2D eigenvalue weighted by Crippen LogP contribution is -2.39. The Labute approximate surface area is 177 Å². The summed E-state index contributed by atoms with van der Waals surface area (Å²) in [7, 11) is -2.03. The highest BCUT2D eigenvalue weighted by molar-refractivity contribution is 7.84. The average molecular weight is 483 g/mol. The van der Waals surface area contributed by atoms with Gasteiger partial charge in [-0.2, -0.15) is 10.0 Å². The standard InChI is InChI=1S/2C6H12ClN3O3S/c1-14(13)5-3-8-6(11)10(9-12)4-2-7;1-14(13)5-4-10(9-12)6(11)8-3-2-7/h2*2-5H2,1H3,(H,8,11). The number of carbonyl (C=O) groups is 2. The van der Waals surface area contributed by atoms with Crippen LogP contribution in [0.3, 0.4) is 0 Å². The highest BCUT2D eigenvalue weighted by Gasteiger charge is 2.13. The quantitative estimate of drug-likeness (QED) is 0.235. The van der Waals surface area contributed by atoms with Gasteiger partial charge in [-0.05, 0) is 0 Å². The average Bonchev–Trinajstić information content (AvgIpc) is 2.64. The molecule has 164 valence electrons.